The highest BCUT2D eigenvalue weighted by atomic mass is 16.2. The normalized spacial score (nSPS) is 15.7. The summed E-state index contributed by atoms with van der Waals surface area (Å²) in [7, 11) is 0. The van der Waals surface area contributed by atoms with Crippen LogP contribution in [0.25, 0.3) is 10.8 Å². The van der Waals surface area contributed by atoms with Gasteiger partial charge in [-0.05, 0) is 36.8 Å². The maximum absolute atomic E-state index is 13.1. The SMILES string of the molecule is CC1(C)C(=O)N(C(=O)c2ccc3ccccc3c2)C(=O)N1CC(=O)c1ccccc1. The van der Waals surface area contributed by atoms with Crippen LogP contribution in [0.2, 0.25) is 0 Å². The quantitative estimate of drug-likeness (QED) is 0.378. The van der Waals surface area contributed by atoms with Crippen LogP contribution in [0.3, 0.4) is 0 Å². The molecule has 3 aromatic carbocycles. The highest BCUT2D eigenvalue weighted by molar-refractivity contribution is 6.23. The second-order valence-electron chi connectivity index (χ2n) is 7.72. The summed E-state index contributed by atoms with van der Waals surface area (Å²) in [5, 5.41) is 1.78. The molecule has 1 heterocycles. The predicted octanol–water partition coefficient (Wildman–Crippen LogP) is 3.91. The van der Waals surface area contributed by atoms with Crippen LogP contribution in [0.5, 0.6) is 0 Å². The predicted molar refractivity (Wildman–Crippen MR) is 112 cm³/mol. The third kappa shape index (κ3) is 3.16. The largest absolute Gasteiger partial charge is 0.335 e. The molecule has 6 heteroatoms. The number of hydrogen-bond donors (Lipinski definition) is 0. The van der Waals surface area contributed by atoms with E-state index in [-0.39, 0.29) is 17.9 Å². The van der Waals surface area contributed by atoms with Crippen LogP contribution >= 0.6 is 0 Å². The lowest BCUT2D eigenvalue weighted by molar-refractivity contribution is -0.130. The molecule has 1 aliphatic heterocycles. The Morgan fingerprint density at radius 3 is 2.13 bits per heavy atom. The standard InChI is InChI=1S/C24H20N2O4/c1-24(2)22(29)26(21(28)19-13-12-16-8-6-7-11-18(16)14-19)23(30)25(24)15-20(27)17-9-4-3-5-10-17/h3-14H,15H2,1-2H3. The Morgan fingerprint density at radius 1 is 0.800 bits per heavy atom. The maximum atomic E-state index is 13.1. The van der Waals surface area contributed by atoms with Crippen LogP contribution in [-0.2, 0) is 4.79 Å². The Kier molecular flexibility index (Phi) is 4.70. The van der Waals surface area contributed by atoms with Crippen LogP contribution in [0, 0.1) is 0 Å². The molecule has 0 bridgehead atoms. The van der Waals surface area contributed by atoms with E-state index in [1.807, 2.05) is 24.3 Å². The number of benzene rings is 3. The molecule has 0 spiro atoms. The van der Waals surface area contributed by atoms with Gasteiger partial charge >= 0.3 is 6.03 Å². The monoisotopic (exact) mass is 400 g/mol. The van der Waals surface area contributed by atoms with Crippen molar-refractivity contribution in [2.45, 2.75) is 19.4 Å². The van der Waals surface area contributed by atoms with Gasteiger partial charge in [0.2, 0.25) is 0 Å². The molecule has 1 fully saturated rings. The van der Waals surface area contributed by atoms with E-state index < -0.39 is 23.4 Å². The average molecular weight is 400 g/mol. The number of carbonyl (C=O) groups excluding carboxylic acids is 4. The zero-order valence-electron chi connectivity index (χ0n) is 16.7. The van der Waals surface area contributed by atoms with Crippen molar-refractivity contribution >= 4 is 34.4 Å². The van der Waals surface area contributed by atoms with Crippen molar-refractivity contribution in [3.8, 4) is 0 Å². The number of nitrogens with zero attached hydrogens (tertiary/aromatic N) is 2. The first-order valence-corrected chi connectivity index (χ1v) is 9.58. The molecule has 0 aliphatic carbocycles. The minimum Gasteiger partial charge on any atom is -0.302 e. The van der Waals surface area contributed by atoms with Crippen LogP contribution in [0.1, 0.15) is 34.6 Å². The minimum absolute atomic E-state index is 0.238. The van der Waals surface area contributed by atoms with E-state index in [0.717, 1.165) is 15.7 Å². The van der Waals surface area contributed by atoms with Gasteiger partial charge < -0.3 is 4.90 Å². The number of fused-ring (bicyclic) bond motifs is 1. The Morgan fingerprint density at radius 2 is 1.43 bits per heavy atom. The molecule has 3 aromatic rings. The number of Topliss-reactive ketones (excluding diaryl/α,β-unsaturated/α-hetero) is 1. The van der Waals surface area contributed by atoms with Gasteiger partial charge in [-0.2, -0.15) is 4.90 Å². The molecule has 0 unspecified atom stereocenters. The molecule has 1 saturated heterocycles. The van der Waals surface area contributed by atoms with Gasteiger partial charge in [0.25, 0.3) is 11.8 Å². The highest BCUT2D eigenvalue weighted by Crippen LogP contribution is 2.30. The molecule has 0 atom stereocenters. The smallest absolute Gasteiger partial charge is 0.302 e. The summed E-state index contributed by atoms with van der Waals surface area (Å²) in [5.74, 6) is -1.64. The third-order valence-corrected chi connectivity index (χ3v) is 5.42. The number of imide groups is 3. The summed E-state index contributed by atoms with van der Waals surface area (Å²) in [6.07, 6.45) is 0. The van der Waals surface area contributed by atoms with E-state index in [4.69, 9.17) is 0 Å². The fraction of sp³-hybridized carbons (Fsp3) is 0.167. The molecule has 0 aromatic heterocycles. The Bertz CT molecular complexity index is 1180. The van der Waals surface area contributed by atoms with E-state index in [9.17, 15) is 19.2 Å². The van der Waals surface area contributed by atoms with Crippen molar-refractivity contribution in [1.82, 2.24) is 9.80 Å². The van der Waals surface area contributed by atoms with Crippen molar-refractivity contribution in [2.24, 2.45) is 0 Å². The fourth-order valence-electron chi connectivity index (χ4n) is 3.59. The summed E-state index contributed by atoms with van der Waals surface area (Å²) >= 11 is 0. The van der Waals surface area contributed by atoms with Gasteiger partial charge in [-0.3, -0.25) is 14.4 Å². The average Bonchev–Trinajstić information content (AvgIpc) is 2.92. The molecule has 0 radical (unpaired) electrons. The van der Waals surface area contributed by atoms with E-state index in [1.165, 1.54) is 0 Å². The molecule has 1 aliphatic rings. The molecule has 4 rings (SSSR count). The number of amides is 4. The lowest BCUT2D eigenvalue weighted by atomic mass is 10.0. The molecule has 4 amide bonds. The van der Waals surface area contributed by atoms with Crippen LogP contribution < -0.4 is 0 Å². The highest BCUT2D eigenvalue weighted by Gasteiger charge is 2.54. The van der Waals surface area contributed by atoms with Gasteiger partial charge in [0.1, 0.15) is 5.54 Å². The van der Waals surface area contributed by atoms with Crippen LogP contribution in [-0.4, -0.2) is 45.5 Å². The molecule has 0 N–H and O–H groups in total. The molecular weight excluding hydrogens is 380 g/mol. The Hall–Kier alpha value is -3.80. The Labute approximate surface area is 173 Å². The molecule has 0 saturated carbocycles. The van der Waals surface area contributed by atoms with Crippen molar-refractivity contribution in [2.75, 3.05) is 6.54 Å². The molecule has 6 nitrogen and oxygen atoms in total. The van der Waals surface area contributed by atoms with E-state index in [2.05, 4.69) is 0 Å². The van der Waals surface area contributed by atoms with Gasteiger partial charge in [-0.25, -0.2) is 4.79 Å². The van der Waals surface area contributed by atoms with E-state index >= 15 is 0 Å². The fourth-order valence-corrected chi connectivity index (χ4v) is 3.59. The molecule has 150 valence electrons. The van der Waals surface area contributed by atoms with Gasteiger partial charge in [0, 0.05) is 11.1 Å². The summed E-state index contributed by atoms with van der Waals surface area (Å²) < 4.78 is 0. The zero-order chi connectivity index (χ0) is 21.5. The van der Waals surface area contributed by atoms with Crippen molar-refractivity contribution in [1.29, 1.82) is 0 Å². The lowest BCUT2D eigenvalue weighted by Crippen LogP contribution is -2.46. The van der Waals surface area contributed by atoms with Crippen molar-refractivity contribution in [3.05, 3.63) is 83.9 Å². The summed E-state index contributed by atoms with van der Waals surface area (Å²) in [4.78, 5) is 53.5. The number of urea groups is 1. The third-order valence-electron chi connectivity index (χ3n) is 5.42. The summed E-state index contributed by atoms with van der Waals surface area (Å²) in [6.45, 7) is 2.79. The molecular formula is C24H20N2O4. The summed E-state index contributed by atoms with van der Waals surface area (Å²) in [6, 6.07) is 20.3. The number of ketones is 1. The first-order valence-electron chi connectivity index (χ1n) is 9.58. The van der Waals surface area contributed by atoms with E-state index in [0.29, 0.717) is 10.5 Å². The van der Waals surface area contributed by atoms with Crippen molar-refractivity contribution < 1.29 is 19.2 Å². The van der Waals surface area contributed by atoms with Crippen molar-refractivity contribution in [3.63, 3.8) is 0 Å². The second-order valence-corrected chi connectivity index (χ2v) is 7.72. The number of hydrogen-bond acceptors (Lipinski definition) is 4. The second kappa shape index (κ2) is 7.22. The lowest BCUT2D eigenvalue weighted by Gasteiger charge is -2.26. The zero-order valence-corrected chi connectivity index (χ0v) is 16.7. The first-order chi connectivity index (χ1) is 14.3. The van der Waals surface area contributed by atoms with Crippen LogP contribution in [0.15, 0.2) is 72.8 Å². The van der Waals surface area contributed by atoms with Gasteiger partial charge in [-0.1, -0.05) is 60.7 Å². The van der Waals surface area contributed by atoms with Gasteiger partial charge in [0.15, 0.2) is 5.78 Å². The van der Waals surface area contributed by atoms with Gasteiger partial charge in [-0.15, -0.1) is 0 Å². The minimum atomic E-state index is -1.31. The first kappa shape index (κ1) is 19.5. The molecule has 30 heavy (non-hydrogen) atoms. The Balaban J connectivity index is 1.64. The topological polar surface area (TPSA) is 74.8 Å². The maximum Gasteiger partial charge on any atom is 0.335 e. The van der Waals surface area contributed by atoms with E-state index in [1.54, 1.807) is 62.4 Å². The van der Waals surface area contributed by atoms with Gasteiger partial charge in [0.05, 0.1) is 6.54 Å². The van der Waals surface area contributed by atoms with Crippen LogP contribution in [0.4, 0.5) is 4.79 Å². The summed E-state index contributed by atoms with van der Waals surface area (Å²) in [5.41, 5.74) is -0.635. The number of carbonyl (C=O) groups is 4. The number of rotatable bonds is 4.